The molecule has 0 aliphatic heterocycles. The smallest absolute Gasteiger partial charge is 0.264 e. The molecule has 7 heteroatoms. The van der Waals surface area contributed by atoms with Crippen molar-refractivity contribution in [3.05, 3.63) is 54.6 Å². The molecule has 6 nitrogen and oxygen atoms in total. The van der Waals surface area contributed by atoms with E-state index in [9.17, 15) is 13.2 Å². The number of rotatable bonds is 8. The number of nitrogens with one attached hydrogen (secondary N) is 1. The minimum atomic E-state index is -3.62. The molecule has 0 radical (unpaired) electrons. The molecule has 0 aliphatic carbocycles. The Morgan fingerprint density at radius 2 is 1.68 bits per heavy atom. The zero-order valence-corrected chi connectivity index (χ0v) is 15.1. The summed E-state index contributed by atoms with van der Waals surface area (Å²) in [7, 11) is -3.62. The van der Waals surface area contributed by atoms with E-state index in [2.05, 4.69) is 5.32 Å². The normalized spacial score (nSPS) is 11.0. The lowest BCUT2D eigenvalue weighted by molar-refractivity contribution is -0.122. The maximum Gasteiger partial charge on any atom is 0.264 e. The number of hydrogen-bond donors (Lipinski definition) is 1. The van der Waals surface area contributed by atoms with Crippen LogP contribution in [0.2, 0.25) is 0 Å². The van der Waals surface area contributed by atoms with Gasteiger partial charge >= 0.3 is 0 Å². The van der Waals surface area contributed by atoms with Gasteiger partial charge in [-0.05, 0) is 50.2 Å². The molecule has 1 amide bonds. The van der Waals surface area contributed by atoms with Crippen LogP contribution in [0, 0.1) is 0 Å². The first-order valence-corrected chi connectivity index (χ1v) is 9.50. The molecule has 0 aliphatic rings. The number of likely N-dealkylation sites (N-methyl/N-ethyl adjacent to an activating group) is 1. The van der Waals surface area contributed by atoms with Gasteiger partial charge in [-0.2, -0.15) is 0 Å². The number of hydrogen-bond acceptors (Lipinski definition) is 4. The lowest BCUT2D eigenvalue weighted by Gasteiger charge is -2.23. The van der Waals surface area contributed by atoms with Crippen LogP contribution in [0.25, 0.3) is 0 Å². The van der Waals surface area contributed by atoms with Gasteiger partial charge in [0.1, 0.15) is 5.75 Å². The first-order valence-electron chi connectivity index (χ1n) is 8.06. The SMILES string of the molecule is CCNC(=O)COc1ccc(N(CC)S(=O)(=O)c2ccccc2)cc1. The van der Waals surface area contributed by atoms with Crippen molar-refractivity contribution < 1.29 is 17.9 Å². The summed E-state index contributed by atoms with van der Waals surface area (Å²) >= 11 is 0. The van der Waals surface area contributed by atoms with Gasteiger partial charge in [0.2, 0.25) is 0 Å². The van der Waals surface area contributed by atoms with Crippen molar-refractivity contribution >= 4 is 21.6 Å². The fourth-order valence-corrected chi connectivity index (χ4v) is 3.81. The first kappa shape index (κ1) is 18.8. The molecule has 0 saturated heterocycles. The topological polar surface area (TPSA) is 75.7 Å². The van der Waals surface area contributed by atoms with E-state index >= 15 is 0 Å². The first-order chi connectivity index (χ1) is 12.0. The second-order valence-corrected chi connectivity index (χ2v) is 7.08. The number of carbonyl (C=O) groups is 1. The minimum absolute atomic E-state index is 0.0764. The van der Waals surface area contributed by atoms with Gasteiger partial charge in [-0.25, -0.2) is 8.42 Å². The summed E-state index contributed by atoms with van der Waals surface area (Å²) in [6, 6.07) is 14.9. The van der Waals surface area contributed by atoms with Gasteiger partial charge in [0, 0.05) is 13.1 Å². The Labute approximate surface area is 148 Å². The fourth-order valence-electron chi connectivity index (χ4n) is 2.32. The van der Waals surface area contributed by atoms with E-state index in [0.717, 1.165) is 0 Å². The van der Waals surface area contributed by atoms with Crippen molar-refractivity contribution in [2.75, 3.05) is 24.0 Å². The molecule has 2 rings (SSSR count). The number of benzene rings is 2. The van der Waals surface area contributed by atoms with Crippen LogP contribution < -0.4 is 14.4 Å². The molecule has 134 valence electrons. The van der Waals surface area contributed by atoms with E-state index in [1.54, 1.807) is 61.5 Å². The molecule has 0 saturated carbocycles. The molecular weight excluding hydrogens is 340 g/mol. The summed E-state index contributed by atoms with van der Waals surface area (Å²) < 4.78 is 32.3. The quantitative estimate of drug-likeness (QED) is 0.782. The largest absolute Gasteiger partial charge is 0.484 e. The van der Waals surface area contributed by atoms with E-state index in [0.29, 0.717) is 24.5 Å². The highest BCUT2D eigenvalue weighted by Crippen LogP contribution is 2.25. The van der Waals surface area contributed by atoms with Crippen LogP contribution >= 0.6 is 0 Å². The molecule has 2 aromatic carbocycles. The molecule has 2 aromatic rings. The number of sulfonamides is 1. The van der Waals surface area contributed by atoms with Crippen LogP contribution in [0.4, 0.5) is 5.69 Å². The Bertz CT molecular complexity index is 790. The van der Waals surface area contributed by atoms with Crippen LogP contribution in [0.1, 0.15) is 13.8 Å². The van der Waals surface area contributed by atoms with Crippen LogP contribution in [0.3, 0.4) is 0 Å². The lowest BCUT2D eigenvalue weighted by atomic mass is 10.3. The van der Waals surface area contributed by atoms with E-state index in [1.165, 1.54) is 4.31 Å². The van der Waals surface area contributed by atoms with Crippen molar-refractivity contribution in [1.82, 2.24) is 5.32 Å². The molecule has 0 aromatic heterocycles. The van der Waals surface area contributed by atoms with Crippen LogP contribution in [-0.2, 0) is 14.8 Å². The summed E-state index contributed by atoms with van der Waals surface area (Å²) in [6.07, 6.45) is 0. The predicted molar refractivity (Wildman–Crippen MR) is 97.3 cm³/mol. The highest BCUT2D eigenvalue weighted by atomic mass is 32.2. The Kier molecular flexibility index (Phi) is 6.41. The molecule has 0 unspecified atom stereocenters. The second-order valence-electron chi connectivity index (χ2n) is 5.22. The van der Waals surface area contributed by atoms with Gasteiger partial charge in [-0.15, -0.1) is 0 Å². The number of amides is 1. The van der Waals surface area contributed by atoms with Crippen molar-refractivity contribution in [2.24, 2.45) is 0 Å². The van der Waals surface area contributed by atoms with Gasteiger partial charge in [0.05, 0.1) is 10.6 Å². The molecule has 25 heavy (non-hydrogen) atoms. The van der Waals surface area contributed by atoms with E-state index in [-0.39, 0.29) is 17.4 Å². The molecule has 0 spiro atoms. The van der Waals surface area contributed by atoms with Crippen LogP contribution in [0.15, 0.2) is 59.5 Å². The highest BCUT2D eigenvalue weighted by molar-refractivity contribution is 7.92. The average Bonchev–Trinajstić information content (AvgIpc) is 2.62. The highest BCUT2D eigenvalue weighted by Gasteiger charge is 2.23. The third kappa shape index (κ3) is 4.73. The Balaban J connectivity index is 2.15. The third-order valence-corrected chi connectivity index (χ3v) is 5.40. The molecule has 0 atom stereocenters. The zero-order valence-electron chi connectivity index (χ0n) is 14.3. The number of ether oxygens (including phenoxy) is 1. The van der Waals surface area contributed by atoms with Crippen molar-refractivity contribution in [3.63, 3.8) is 0 Å². The summed E-state index contributed by atoms with van der Waals surface area (Å²) in [5, 5.41) is 2.64. The number of anilines is 1. The summed E-state index contributed by atoms with van der Waals surface area (Å²) in [6.45, 7) is 4.38. The van der Waals surface area contributed by atoms with Gasteiger partial charge in [-0.1, -0.05) is 18.2 Å². The Hall–Kier alpha value is -2.54. The Morgan fingerprint density at radius 1 is 1.04 bits per heavy atom. The number of carbonyl (C=O) groups excluding carboxylic acids is 1. The van der Waals surface area contributed by atoms with E-state index in [4.69, 9.17) is 4.74 Å². The molecule has 0 heterocycles. The lowest BCUT2D eigenvalue weighted by Crippen LogP contribution is -2.30. The molecule has 0 fully saturated rings. The molecule has 0 bridgehead atoms. The summed E-state index contributed by atoms with van der Waals surface area (Å²) in [5.74, 6) is 0.302. The van der Waals surface area contributed by atoms with Gasteiger partial charge < -0.3 is 10.1 Å². The standard InChI is InChI=1S/C18H22N2O4S/c1-3-19-18(21)14-24-16-12-10-15(11-13-16)20(4-2)25(22,23)17-8-6-5-7-9-17/h5-13H,3-4,14H2,1-2H3,(H,19,21). The van der Waals surface area contributed by atoms with Crippen LogP contribution in [-0.4, -0.2) is 34.0 Å². The monoisotopic (exact) mass is 362 g/mol. The minimum Gasteiger partial charge on any atom is -0.484 e. The maximum absolute atomic E-state index is 12.8. The van der Waals surface area contributed by atoms with Gasteiger partial charge in [-0.3, -0.25) is 9.10 Å². The zero-order chi connectivity index (χ0) is 18.3. The summed E-state index contributed by atoms with van der Waals surface area (Å²) in [4.78, 5) is 11.6. The predicted octanol–water partition coefficient (Wildman–Crippen LogP) is 2.42. The van der Waals surface area contributed by atoms with Gasteiger partial charge in [0.25, 0.3) is 15.9 Å². The average molecular weight is 362 g/mol. The van der Waals surface area contributed by atoms with Crippen LogP contribution in [0.5, 0.6) is 5.75 Å². The van der Waals surface area contributed by atoms with Gasteiger partial charge in [0.15, 0.2) is 6.61 Å². The Morgan fingerprint density at radius 3 is 2.24 bits per heavy atom. The van der Waals surface area contributed by atoms with Crippen molar-refractivity contribution in [1.29, 1.82) is 0 Å². The second kappa shape index (κ2) is 8.53. The summed E-state index contributed by atoms with van der Waals surface area (Å²) in [5.41, 5.74) is 0.539. The van der Waals surface area contributed by atoms with Crippen molar-refractivity contribution in [2.45, 2.75) is 18.7 Å². The number of nitrogens with zero attached hydrogens (tertiary/aromatic N) is 1. The fraction of sp³-hybridized carbons (Fsp3) is 0.278. The molecule has 1 N–H and O–H groups in total. The maximum atomic E-state index is 12.8. The van der Waals surface area contributed by atoms with E-state index < -0.39 is 10.0 Å². The molecular formula is C18H22N2O4S. The van der Waals surface area contributed by atoms with Crippen molar-refractivity contribution in [3.8, 4) is 5.75 Å². The van der Waals surface area contributed by atoms with E-state index in [1.807, 2.05) is 6.92 Å². The third-order valence-electron chi connectivity index (χ3n) is 3.49.